The second kappa shape index (κ2) is 7.67. The number of rotatable bonds is 4. The smallest absolute Gasteiger partial charge is 0.00823 e. The summed E-state index contributed by atoms with van der Waals surface area (Å²) in [5.41, 5.74) is 12.0. The van der Waals surface area contributed by atoms with Crippen molar-refractivity contribution in [1.82, 2.24) is 0 Å². The van der Waals surface area contributed by atoms with E-state index in [4.69, 9.17) is 0 Å². The van der Waals surface area contributed by atoms with Gasteiger partial charge in [-0.3, -0.25) is 0 Å². The van der Waals surface area contributed by atoms with Crippen LogP contribution < -0.4 is 10.4 Å². The lowest BCUT2D eigenvalue weighted by atomic mass is 9.75. The minimum absolute atomic E-state index is 1.08. The monoisotopic (exact) mass is 378 g/mol. The van der Waals surface area contributed by atoms with E-state index in [0.717, 1.165) is 12.8 Å². The highest BCUT2D eigenvalue weighted by atomic mass is 14.3. The molecule has 0 radical (unpaired) electrons. The highest BCUT2D eigenvalue weighted by Gasteiger charge is 2.24. The number of hydrogen-bond donors (Lipinski definition) is 0. The van der Waals surface area contributed by atoms with E-state index in [-0.39, 0.29) is 0 Å². The molecule has 29 heavy (non-hydrogen) atoms. The molecule has 2 aromatic rings. The van der Waals surface area contributed by atoms with Gasteiger partial charge in [-0.15, -0.1) is 0 Å². The van der Waals surface area contributed by atoms with Crippen LogP contribution in [0.2, 0.25) is 0 Å². The van der Waals surface area contributed by atoms with Crippen molar-refractivity contribution in [2.75, 3.05) is 0 Å². The molecule has 0 heteroatoms. The number of fused-ring (bicyclic) bond motifs is 3. The van der Waals surface area contributed by atoms with Gasteiger partial charge in [-0.1, -0.05) is 79.6 Å². The summed E-state index contributed by atoms with van der Waals surface area (Å²) < 4.78 is 0. The summed E-state index contributed by atoms with van der Waals surface area (Å²) in [6.45, 7) is 4.43. The van der Waals surface area contributed by atoms with Crippen molar-refractivity contribution >= 4 is 17.2 Å². The number of unbranched alkanes of at least 4 members (excludes halogenated alkanes) is 1. The predicted molar refractivity (Wildman–Crippen MR) is 125 cm³/mol. The van der Waals surface area contributed by atoms with E-state index < -0.39 is 0 Å². The summed E-state index contributed by atoms with van der Waals surface area (Å²) in [7, 11) is 0. The van der Waals surface area contributed by atoms with Gasteiger partial charge in [0.15, 0.2) is 0 Å². The molecular weight excluding hydrogens is 348 g/mol. The van der Waals surface area contributed by atoms with Crippen LogP contribution in [0.5, 0.6) is 0 Å². The summed E-state index contributed by atoms with van der Waals surface area (Å²) in [5, 5.41) is 2.96. The van der Waals surface area contributed by atoms with Gasteiger partial charge in [-0.05, 0) is 94.9 Å². The zero-order chi connectivity index (χ0) is 19.8. The third-order valence-corrected chi connectivity index (χ3v) is 6.79. The van der Waals surface area contributed by atoms with Gasteiger partial charge in [0.05, 0.1) is 0 Å². The first-order chi connectivity index (χ1) is 14.2. The number of benzene rings is 2. The summed E-state index contributed by atoms with van der Waals surface area (Å²) >= 11 is 0. The third-order valence-electron chi connectivity index (χ3n) is 6.79. The second-order valence-electron chi connectivity index (χ2n) is 8.77. The number of aryl methyl sites for hydroxylation is 2. The molecular formula is C29H30. The molecule has 0 bridgehead atoms. The molecule has 0 fully saturated rings. The van der Waals surface area contributed by atoms with Crippen molar-refractivity contribution in [3.05, 3.63) is 98.5 Å². The lowest BCUT2D eigenvalue weighted by Gasteiger charge is -2.29. The van der Waals surface area contributed by atoms with Gasteiger partial charge in [0.1, 0.15) is 0 Å². The van der Waals surface area contributed by atoms with Crippen LogP contribution in [0.25, 0.3) is 17.2 Å². The Labute approximate surface area is 174 Å². The van der Waals surface area contributed by atoms with Crippen LogP contribution in [0.3, 0.4) is 0 Å². The van der Waals surface area contributed by atoms with Gasteiger partial charge in [0, 0.05) is 0 Å². The van der Waals surface area contributed by atoms with Crippen molar-refractivity contribution < 1.29 is 0 Å². The molecule has 146 valence electrons. The molecule has 5 rings (SSSR count). The maximum absolute atomic E-state index is 2.49. The Balaban J connectivity index is 1.54. The normalized spacial score (nSPS) is 17.7. The fourth-order valence-electron chi connectivity index (χ4n) is 5.09. The van der Waals surface area contributed by atoms with Crippen molar-refractivity contribution in [3.63, 3.8) is 0 Å². The quantitative estimate of drug-likeness (QED) is 0.596. The van der Waals surface area contributed by atoms with E-state index in [0.29, 0.717) is 0 Å². The second-order valence-corrected chi connectivity index (χ2v) is 8.77. The molecule has 0 nitrogen and oxygen atoms in total. The van der Waals surface area contributed by atoms with Gasteiger partial charge in [0.2, 0.25) is 0 Å². The molecule has 0 amide bonds. The highest BCUT2D eigenvalue weighted by Crippen LogP contribution is 2.42. The molecule has 0 heterocycles. The van der Waals surface area contributed by atoms with E-state index in [9.17, 15) is 0 Å². The molecule has 0 unspecified atom stereocenters. The van der Waals surface area contributed by atoms with Gasteiger partial charge >= 0.3 is 0 Å². The first-order valence-corrected chi connectivity index (χ1v) is 11.3. The molecule has 0 N–H and O–H groups in total. The minimum Gasteiger partial charge on any atom is -0.0722 e. The van der Waals surface area contributed by atoms with Crippen LogP contribution in [0.4, 0.5) is 0 Å². The summed E-state index contributed by atoms with van der Waals surface area (Å²) in [4.78, 5) is 0. The largest absolute Gasteiger partial charge is 0.0722 e. The molecule has 0 aliphatic heterocycles. The zero-order valence-electron chi connectivity index (χ0n) is 17.7. The Morgan fingerprint density at radius 3 is 2.48 bits per heavy atom. The van der Waals surface area contributed by atoms with E-state index in [1.54, 1.807) is 22.3 Å². The van der Waals surface area contributed by atoms with Crippen LogP contribution in [-0.4, -0.2) is 0 Å². The highest BCUT2D eigenvalue weighted by molar-refractivity contribution is 5.82. The fraction of sp³-hybridized carbons (Fsp3) is 0.310. The molecule has 0 aromatic heterocycles. The van der Waals surface area contributed by atoms with E-state index in [1.807, 2.05) is 0 Å². The van der Waals surface area contributed by atoms with Crippen LogP contribution in [0.15, 0.2) is 71.3 Å². The third kappa shape index (κ3) is 3.46. The lowest BCUT2D eigenvalue weighted by Crippen LogP contribution is -2.32. The first-order valence-electron chi connectivity index (χ1n) is 11.3. The molecule has 0 spiro atoms. The van der Waals surface area contributed by atoms with Crippen LogP contribution >= 0.6 is 0 Å². The van der Waals surface area contributed by atoms with Crippen molar-refractivity contribution in [2.24, 2.45) is 0 Å². The molecule has 0 saturated heterocycles. The van der Waals surface area contributed by atoms with Crippen LogP contribution in [0, 0.1) is 6.92 Å². The van der Waals surface area contributed by atoms with Crippen molar-refractivity contribution in [2.45, 2.75) is 58.8 Å². The zero-order valence-corrected chi connectivity index (χ0v) is 17.7. The Hall–Kier alpha value is -2.60. The molecule has 0 saturated carbocycles. The SMILES string of the molecule is CCCCc1ccc2c(c1)=C1CCC3=CC(c4ccc(C)cc4)=CCC3=C1CC=2. The Morgan fingerprint density at radius 2 is 1.66 bits per heavy atom. The van der Waals surface area contributed by atoms with Gasteiger partial charge in [-0.25, -0.2) is 0 Å². The number of allylic oxidation sites excluding steroid dienone is 6. The predicted octanol–water partition coefficient (Wildman–Crippen LogP) is 6.18. The minimum atomic E-state index is 1.08. The van der Waals surface area contributed by atoms with Gasteiger partial charge in [0.25, 0.3) is 0 Å². The van der Waals surface area contributed by atoms with E-state index in [2.05, 4.69) is 74.5 Å². The maximum atomic E-state index is 2.49. The number of hydrogen-bond acceptors (Lipinski definition) is 0. The Morgan fingerprint density at radius 1 is 0.828 bits per heavy atom. The molecule has 3 aliphatic carbocycles. The summed E-state index contributed by atoms with van der Waals surface area (Å²) in [6.07, 6.45) is 15.6. The first kappa shape index (κ1) is 18.4. The van der Waals surface area contributed by atoms with Crippen LogP contribution in [0.1, 0.15) is 62.1 Å². The summed E-state index contributed by atoms with van der Waals surface area (Å²) in [6, 6.07) is 16.2. The van der Waals surface area contributed by atoms with E-state index in [1.165, 1.54) is 64.8 Å². The average Bonchev–Trinajstić information content (AvgIpc) is 2.77. The fourth-order valence-corrected chi connectivity index (χ4v) is 5.09. The van der Waals surface area contributed by atoms with Gasteiger partial charge in [-0.2, -0.15) is 0 Å². The maximum Gasteiger partial charge on any atom is -0.00823 e. The topological polar surface area (TPSA) is 0 Å². The van der Waals surface area contributed by atoms with Crippen LogP contribution in [-0.2, 0) is 6.42 Å². The average molecular weight is 379 g/mol. The molecule has 3 aliphatic rings. The standard InChI is InChI=1S/C29H30/c1-3-4-5-21-8-11-23-12-16-27-26-15-13-24(22-9-6-20(2)7-10-22)19-25(26)14-17-28(27)29(23)18-21/h6-13,18-19H,3-5,14-17H2,1-2H3. The molecule has 0 atom stereocenters. The summed E-state index contributed by atoms with van der Waals surface area (Å²) in [5.74, 6) is 0. The Bertz CT molecular complexity index is 1160. The van der Waals surface area contributed by atoms with E-state index >= 15 is 0 Å². The Kier molecular flexibility index (Phi) is 4.87. The lowest BCUT2D eigenvalue weighted by molar-refractivity contribution is 0.794. The van der Waals surface area contributed by atoms with Crippen molar-refractivity contribution in [3.8, 4) is 0 Å². The van der Waals surface area contributed by atoms with Crippen molar-refractivity contribution in [1.29, 1.82) is 0 Å². The molecule has 2 aromatic carbocycles. The van der Waals surface area contributed by atoms with Gasteiger partial charge < -0.3 is 0 Å².